The summed E-state index contributed by atoms with van der Waals surface area (Å²) in [5.41, 5.74) is 2.29. The average molecular weight is 306 g/mol. The molecule has 0 aliphatic heterocycles. The molecule has 0 atom stereocenters. The number of aromatic nitrogens is 2. The quantitative estimate of drug-likeness (QED) is 0.876. The summed E-state index contributed by atoms with van der Waals surface area (Å²) in [6.07, 6.45) is 1.75. The van der Waals surface area contributed by atoms with Crippen molar-refractivity contribution >= 4 is 9.84 Å². The van der Waals surface area contributed by atoms with Crippen LogP contribution < -0.4 is 0 Å². The number of sulfone groups is 1. The highest BCUT2D eigenvalue weighted by atomic mass is 32.2. The highest BCUT2D eigenvalue weighted by Gasteiger charge is 2.22. The lowest BCUT2D eigenvalue weighted by Gasteiger charge is -2.20. The zero-order valence-electron chi connectivity index (χ0n) is 13.2. The van der Waals surface area contributed by atoms with Crippen LogP contribution in [0.5, 0.6) is 0 Å². The van der Waals surface area contributed by atoms with E-state index in [2.05, 4.69) is 25.9 Å². The number of rotatable bonds is 3. The van der Waals surface area contributed by atoms with Crippen molar-refractivity contribution in [1.82, 2.24) is 9.78 Å². The third-order valence-corrected chi connectivity index (χ3v) is 5.28. The summed E-state index contributed by atoms with van der Waals surface area (Å²) < 4.78 is 26.9. The van der Waals surface area contributed by atoms with Gasteiger partial charge in [0.15, 0.2) is 9.84 Å². The molecule has 2 aromatic rings. The van der Waals surface area contributed by atoms with Crippen LogP contribution in [-0.4, -0.2) is 18.2 Å². The van der Waals surface area contributed by atoms with Gasteiger partial charge in [-0.1, -0.05) is 32.9 Å². The van der Waals surface area contributed by atoms with Crippen LogP contribution in [0.1, 0.15) is 37.6 Å². The van der Waals surface area contributed by atoms with Crippen LogP contribution in [0.2, 0.25) is 0 Å². The number of benzene rings is 1. The highest BCUT2D eigenvalue weighted by molar-refractivity contribution is 7.90. The van der Waals surface area contributed by atoms with Crippen LogP contribution in [0, 0.1) is 6.92 Å². The zero-order valence-corrected chi connectivity index (χ0v) is 14.0. The molecule has 1 heterocycles. The molecule has 5 heteroatoms. The van der Waals surface area contributed by atoms with Gasteiger partial charge in [-0.15, -0.1) is 0 Å². The summed E-state index contributed by atoms with van der Waals surface area (Å²) in [4.78, 5) is 0.403. The number of hydrogen-bond acceptors (Lipinski definition) is 3. The molecule has 0 radical (unpaired) electrons. The maximum absolute atomic E-state index is 12.7. The lowest BCUT2D eigenvalue weighted by molar-refractivity contribution is 0.582. The predicted molar refractivity (Wildman–Crippen MR) is 84.0 cm³/mol. The van der Waals surface area contributed by atoms with Crippen molar-refractivity contribution in [2.75, 3.05) is 0 Å². The van der Waals surface area contributed by atoms with Crippen molar-refractivity contribution in [3.8, 4) is 0 Å². The fraction of sp³-hybridized carbons (Fsp3) is 0.438. The number of nitrogens with zero attached hydrogens (tertiary/aromatic N) is 2. The van der Waals surface area contributed by atoms with E-state index in [1.165, 1.54) is 0 Å². The van der Waals surface area contributed by atoms with Gasteiger partial charge in [-0.2, -0.15) is 5.10 Å². The summed E-state index contributed by atoms with van der Waals surface area (Å²) >= 11 is 0. The van der Waals surface area contributed by atoms with E-state index in [1.807, 2.05) is 19.1 Å². The third kappa shape index (κ3) is 3.53. The number of aryl methyl sites for hydroxylation is 2. The molecule has 0 bridgehead atoms. The maximum atomic E-state index is 12.7. The summed E-state index contributed by atoms with van der Waals surface area (Å²) in [5.74, 6) is -0.0672. The molecule has 0 aliphatic rings. The topological polar surface area (TPSA) is 52.0 Å². The standard InChI is InChI=1S/C16H22N2O2S/c1-12-6-7-13(16(2,3)4)10-15(12)21(19,20)11-14-8-9-18(5)17-14/h6-10H,11H2,1-5H3. The molecule has 21 heavy (non-hydrogen) atoms. The average Bonchev–Trinajstić information content (AvgIpc) is 2.72. The Morgan fingerprint density at radius 2 is 1.86 bits per heavy atom. The van der Waals surface area contributed by atoms with Crippen LogP contribution in [-0.2, 0) is 28.1 Å². The minimum Gasteiger partial charge on any atom is -0.276 e. The highest BCUT2D eigenvalue weighted by Crippen LogP contribution is 2.28. The van der Waals surface area contributed by atoms with Crippen molar-refractivity contribution in [3.05, 3.63) is 47.3 Å². The van der Waals surface area contributed by atoms with Gasteiger partial charge in [-0.05, 0) is 35.6 Å². The maximum Gasteiger partial charge on any atom is 0.184 e. The van der Waals surface area contributed by atoms with Crippen molar-refractivity contribution in [3.63, 3.8) is 0 Å². The Kier molecular flexibility index (Phi) is 3.97. The first-order chi connectivity index (χ1) is 9.59. The Morgan fingerprint density at radius 3 is 2.38 bits per heavy atom. The van der Waals surface area contributed by atoms with Crippen molar-refractivity contribution in [1.29, 1.82) is 0 Å². The van der Waals surface area contributed by atoms with Crippen molar-refractivity contribution in [2.45, 2.75) is 43.8 Å². The van der Waals surface area contributed by atoms with Crippen LogP contribution in [0.3, 0.4) is 0 Å². The van der Waals surface area contributed by atoms with E-state index in [9.17, 15) is 8.42 Å². The molecule has 0 N–H and O–H groups in total. The molecule has 2 rings (SSSR count). The smallest absolute Gasteiger partial charge is 0.184 e. The van der Waals surface area contributed by atoms with Crippen molar-refractivity contribution in [2.24, 2.45) is 7.05 Å². The molecule has 0 amide bonds. The SMILES string of the molecule is Cc1ccc(C(C)(C)C)cc1S(=O)(=O)Cc1ccn(C)n1. The predicted octanol–water partition coefficient (Wildman–Crippen LogP) is 3.00. The molecule has 0 saturated heterocycles. The van der Waals surface area contributed by atoms with Gasteiger partial charge >= 0.3 is 0 Å². The molecular formula is C16H22N2O2S. The van der Waals surface area contributed by atoms with Crippen LogP contribution in [0.25, 0.3) is 0 Å². The Balaban J connectivity index is 2.44. The lowest BCUT2D eigenvalue weighted by atomic mass is 9.87. The van der Waals surface area contributed by atoms with E-state index in [0.29, 0.717) is 10.6 Å². The van der Waals surface area contributed by atoms with E-state index < -0.39 is 9.84 Å². The van der Waals surface area contributed by atoms with E-state index >= 15 is 0 Å². The summed E-state index contributed by atoms with van der Waals surface area (Å²) in [5, 5.41) is 4.16. The molecule has 0 aliphatic carbocycles. The first-order valence-corrected chi connectivity index (χ1v) is 8.57. The molecule has 0 saturated carbocycles. The van der Waals surface area contributed by atoms with Crippen LogP contribution >= 0.6 is 0 Å². The van der Waals surface area contributed by atoms with E-state index in [1.54, 1.807) is 30.1 Å². The van der Waals surface area contributed by atoms with Gasteiger partial charge in [-0.25, -0.2) is 8.42 Å². The van der Waals surface area contributed by atoms with Gasteiger partial charge in [0, 0.05) is 13.2 Å². The van der Waals surface area contributed by atoms with Gasteiger partial charge in [0.25, 0.3) is 0 Å². The molecular weight excluding hydrogens is 284 g/mol. The van der Waals surface area contributed by atoms with Gasteiger partial charge in [0.05, 0.1) is 16.3 Å². The minimum absolute atomic E-state index is 0.0672. The second-order valence-electron chi connectivity index (χ2n) is 6.47. The number of hydrogen-bond donors (Lipinski definition) is 0. The molecule has 114 valence electrons. The summed E-state index contributed by atoms with van der Waals surface area (Å²) in [6, 6.07) is 7.41. The summed E-state index contributed by atoms with van der Waals surface area (Å²) in [7, 11) is -1.61. The molecule has 4 nitrogen and oxygen atoms in total. The van der Waals surface area contributed by atoms with Crippen LogP contribution in [0.15, 0.2) is 35.4 Å². The van der Waals surface area contributed by atoms with Gasteiger partial charge in [-0.3, -0.25) is 4.68 Å². The Morgan fingerprint density at radius 1 is 1.19 bits per heavy atom. The fourth-order valence-electron chi connectivity index (χ4n) is 2.21. The van der Waals surface area contributed by atoms with E-state index in [4.69, 9.17) is 0 Å². The monoisotopic (exact) mass is 306 g/mol. The third-order valence-electron chi connectivity index (χ3n) is 3.50. The molecule has 0 unspecified atom stereocenters. The lowest BCUT2D eigenvalue weighted by Crippen LogP contribution is -2.14. The zero-order chi connectivity index (χ0) is 15.8. The molecule has 0 fully saturated rings. The van der Waals surface area contributed by atoms with Crippen molar-refractivity contribution < 1.29 is 8.42 Å². The first-order valence-electron chi connectivity index (χ1n) is 6.92. The molecule has 1 aromatic heterocycles. The normalized spacial score (nSPS) is 12.6. The van der Waals surface area contributed by atoms with E-state index in [0.717, 1.165) is 11.1 Å². The van der Waals surface area contributed by atoms with Gasteiger partial charge in [0.2, 0.25) is 0 Å². The van der Waals surface area contributed by atoms with Crippen LogP contribution in [0.4, 0.5) is 0 Å². The minimum atomic E-state index is -3.39. The summed E-state index contributed by atoms with van der Waals surface area (Å²) in [6.45, 7) is 8.06. The Hall–Kier alpha value is -1.62. The second kappa shape index (κ2) is 5.30. The molecule has 0 spiro atoms. The first kappa shape index (κ1) is 15.8. The second-order valence-corrected chi connectivity index (χ2v) is 8.43. The Bertz CT molecular complexity index is 753. The molecule has 1 aromatic carbocycles. The van der Waals surface area contributed by atoms with Gasteiger partial charge in [0.1, 0.15) is 0 Å². The fourth-order valence-corrected chi connectivity index (χ4v) is 3.78. The van der Waals surface area contributed by atoms with E-state index in [-0.39, 0.29) is 11.2 Å². The Labute approximate surface area is 126 Å². The van der Waals surface area contributed by atoms with Gasteiger partial charge < -0.3 is 0 Å². The largest absolute Gasteiger partial charge is 0.276 e.